The van der Waals surface area contributed by atoms with E-state index in [1.165, 1.54) is 24.3 Å². The highest BCUT2D eigenvalue weighted by molar-refractivity contribution is 5.98. The molecule has 8 amide bonds. The molecule has 10 atom stereocenters. The van der Waals surface area contributed by atoms with Crippen molar-refractivity contribution >= 4 is 59.2 Å². The molecule has 24 nitrogen and oxygen atoms in total. The molecule has 3 aromatic carbocycles. The molecule has 0 unspecified atom stereocenters. The van der Waals surface area contributed by atoms with Gasteiger partial charge in [0.25, 0.3) is 0 Å². The minimum Gasteiger partial charge on any atom is -0.508 e. The number of phenols is 1. The van der Waals surface area contributed by atoms with E-state index in [1.54, 1.807) is 102 Å². The van der Waals surface area contributed by atoms with E-state index >= 15 is 0 Å². The first-order chi connectivity index (χ1) is 38.9. The van der Waals surface area contributed by atoms with Gasteiger partial charge in [-0.2, -0.15) is 0 Å². The molecule has 0 bridgehead atoms. The summed E-state index contributed by atoms with van der Waals surface area (Å²) in [6, 6.07) is 10.8. The molecule has 16 N–H and O–H groups in total. The summed E-state index contributed by atoms with van der Waals surface area (Å²) in [5, 5.41) is 60.4. The number of phenolic OH excluding ortho intramolecular Hbond substituents is 1. The lowest BCUT2D eigenvalue weighted by Gasteiger charge is -2.30. The van der Waals surface area contributed by atoms with Gasteiger partial charge in [-0.15, -0.1) is 0 Å². The average Bonchev–Trinajstić information content (AvgIpc) is 3.50. The van der Waals surface area contributed by atoms with Crippen molar-refractivity contribution in [2.45, 2.75) is 160 Å². The summed E-state index contributed by atoms with van der Waals surface area (Å²) < 4.78 is 0. The molecule has 0 radical (unpaired) electrons. The van der Waals surface area contributed by atoms with E-state index in [1.807, 2.05) is 0 Å². The Morgan fingerprint density at radius 1 is 0.488 bits per heavy atom. The number of carboxylic acids is 2. The van der Waals surface area contributed by atoms with Crippen LogP contribution in [-0.2, 0) is 67.2 Å². The number of carbonyl (C=O) groups is 10. The Bertz CT molecular complexity index is 2570. The maximum atomic E-state index is 14.6. The van der Waals surface area contributed by atoms with Crippen LogP contribution >= 0.6 is 0 Å². The van der Waals surface area contributed by atoms with Gasteiger partial charge in [-0.25, -0.2) is 4.79 Å². The molecule has 3 aromatic rings. The van der Waals surface area contributed by atoms with Gasteiger partial charge in [0.1, 0.15) is 54.1 Å². The minimum absolute atomic E-state index is 0.0560. The number of amides is 8. The number of aromatic hydroxyl groups is 1. The smallest absolute Gasteiger partial charge is 0.326 e. The highest BCUT2D eigenvalue weighted by Crippen LogP contribution is 2.16. The number of carbonyl (C=O) groups excluding carboxylic acids is 8. The summed E-state index contributed by atoms with van der Waals surface area (Å²) in [5.74, 6) is -11.0. The van der Waals surface area contributed by atoms with Crippen LogP contribution in [0.5, 0.6) is 5.75 Å². The largest absolute Gasteiger partial charge is 0.508 e. The van der Waals surface area contributed by atoms with Crippen molar-refractivity contribution in [2.75, 3.05) is 13.2 Å². The molecule has 0 fully saturated rings. The number of nitrogens with one attached hydrogen (secondary N) is 8. The quantitative estimate of drug-likeness (QED) is 0.0351. The van der Waals surface area contributed by atoms with Gasteiger partial charge in [0.05, 0.1) is 12.6 Å². The lowest BCUT2D eigenvalue weighted by Crippen LogP contribution is -2.62. The van der Waals surface area contributed by atoms with Crippen molar-refractivity contribution in [2.24, 2.45) is 29.2 Å². The maximum absolute atomic E-state index is 14.6. The minimum atomic E-state index is -1.71. The lowest BCUT2D eigenvalue weighted by molar-refractivity contribution is -0.143. The SMILES string of the molecule is CC[C@H](C)[C@H](NC(=O)[C@H](CCCCN)NC(=O)[C@H](CCC(=O)O)NC(=O)[C@H](CO)NC(=O)[C@H](CC(C)C)NC(=O)[C@@H](N)Cc1ccccc1)C(=O)N[C@@H](Cc1ccccc1)C(=O)N[C@@H](Cc1ccc(O)cc1)C(=O)N[C@H](C(=O)O)C(C)C. The molecule has 0 heterocycles. The molecule has 82 heavy (non-hydrogen) atoms. The van der Waals surface area contributed by atoms with Gasteiger partial charge in [0.15, 0.2) is 0 Å². The summed E-state index contributed by atoms with van der Waals surface area (Å²) in [6.07, 6.45) is -0.242. The zero-order valence-electron chi connectivity index (χ0n) is 47.5. The van der Waals surface area contributed by atoms with Crippen molar-refractivity contribution in [3.05, 3.63) is 102 Å². The fourth-order valence-corrected chi connectivity index (χ4v) is 8.64. The highest BCUT2D eigenvalue weighted by atomic mass is 16.4. The van der Waals surface area contributed by atoms with E-state index in [2.05, 4.69) is 42.5 Å². The first-order valence-corrected chi connectivity index (χ1v) is 27.7. The van der Waals surface area contributed by atoms with Crippen molar-refractivity contribution in [3.63, 3.8) is 0 Å². The van der Waals surface area contributed by atoms with Gasteiger partial charge in [-0.3, -0.25) is 43.2 Å². The second kappa shape index (κ2) is 35.0. The Morgan fingerprint density at radius 2 is 0.915 bits per heavy atom. The van der Waals surface area contributed by atoms with Crippen LogP contribution in [0.4, 0.5) is 0 Å². The lowest BCUT2D eigenvalue weighted by atomic mass is 9.96. The number of rotatable bonds is 36. The van der Waals surface area contributed by atoms with Crippen LogP contribution in [0, 0.1) is 17.8 Å². The van der Waals surface area contributed by atoms with Gasteiger partial charge in [-0.1, -0.05) is 121 Å². The second-order valence-corrected chi connectivity index (χ2v) is 21.2. The van der Waals surface area contributed by atoms with Crippen molar-refractivity contribution in [1.29, 1.82) is 0 Å². The molecule has 0 aliphatic rings. The highest BCUT2D eigenvalue weighted by Gasteiger charge is 2.37. The molecule has 24 heteroatoms. The molecule has 3 rings (SSSR count). The molecule has 0 spiro atoms. The zero-order chi connectivity index (χ0) is 61.1. The molecule has 450 valence electrons. The van der Waals surface area contributed by atoms with Gasteiger partial charge < -0.3 is 74.4 Å². The average molecular weight is 1150 g/mol. The van der Waals surface area contributed by atoms with Crippen LogP contribution in [0.3, 0.4) is 0 Å². The van der Waals surface area contributed by atoms with Crippen molar-refractivity contribution in [3.8, 4) is 5.75 Å². The summed E-state index contributed by atoms with van der Waals surface area (Å²) in [4.78, 5) is 136. The Morgan fingerprint density at radius 3 is 1.41 bits per heavy atom. The molecule has 0 aliphatic heterocycles. The Labute approximate surface area is 478 Å². The number of unbranched alkanes of at least 4 members (excludes halogenated alkanes) is 1. The number of benzene rings is 3. The molecule has 0 saturated carbocycles. The van der Waals surface area contributed by atoms with Gasteiger partial charge in [0, 0.05) is 19.3 Å². The van der Waals surface area contributed by atoms with Crippen molar-refractivity contribution in [1.82, 2.24) is 42.5 Å². The molecular weight excluding hydrogens is 1060 g/mol. The van der Waals surface area contributed by atoms with Crippen LogP contribution in [0.25, 0.3) is 0 Å². The normalized spacial score (nSPS) is 14.9. The number of hydrogen-bond donors (Lipinski definition) is 14. The zero-order valence-corrected chi connectivity index (χ0v) is 47.5. The van der Waals surface area contributed by atoms with E-state index < -0.39 is 145 Å². The predicted molar refractivity (Wildman–Crippen MR) is 304 cm³/mol. The fraction of sp³-hybridized carbons (Fsp3) is 0.517. The standard InChI is InChI=1S/C58H84N10O14/c1-7-35(6)49(57(80)65-44(30-37-18-12-9-13-19-37)54(77)64-45(31-38-21-23-39(70)24-22-38)55(78)67-48(34(4)5)58(81)82)68-52(75)41(20-14-15-27-59)61-51(74)42(25-26-47(71)72)62-56(79)46(32-69)66-53(76)43(28-33(2)3)63-50(73)40(60)29-36-16-10-8-11-17-36/h8-13,16-19,21-24,33-35,40-46,48-49,69-70H,7,14-15,20,25-32,59-60H2,1-6H3,(H,61,74)(H,62,79)(H,63,73)(H,64,77)(H,65,80)(H,66,76)(H,67,78)(H,68,75)(H,71,72)(H,81,82)/t35-,40-,41-,42-,43-,44-,45-,46-,48-,49-/m0/s1. The van der Waals surface area contributed by atoms with E-state index in [0.29, 0.717) is 24.0 Å². The first-order valence-electron chi connectivity index (χ1n) is 27.7. The number of aliphatic carboxylic acids is 2. The van der Waals surface area contributed by atoms with E-state index in [-0.39, 0.29) is 56.7 Å². The van der Waals surface area contributed by atoms with Crippen molar-refractivity contribution < 1.29 is 68.4 Å². The fourth-order valence-electron chi connectivity index (χ4n) is 8.64. The van der Waals surface area contributed by atoms with Gasteiger partial charge in [0.2, 0.25) is 47.3 Å². The van der Waals surface area contributed by atoms with Crippen LogP contribution < -0.4 is 54.0 Å². The number of carboxylic acid groups (broad SMARTS) is 2. The molecule has 0 aliphatic carbocycles. The summed E-state index contributed by atoms with van der Waals surface area (Å²) in [6.45, 7) is 9.42. The third-order valence-corrected chi connectivity index (χ3v) is 13.6. The van der Waals surface area contributed by atoms with E-state index in [0.717, 1.165) is 5.56 Å². The molecular formula is C58H84N10O14. The Hall–Kier alpha value is -7.96. The topological polar surface area (TPSA) is 400 Å². The monoisotopic (exact) mass is 1140 g/mol. The maximum Gasteiger partial charge on any atom is 0.326 e. The van der Waals surface area contributed by atoms with Gasteiger partial charge >= 0.3 is 11.9 Å². The predicted octanol–water partition coefficient (Wildman–Crippen LogP) is 0.445. The number of aliphatic hydroxyl groups excluding tert-OH is 1. The third-order valence-electron chi connectivity index (χ3n) is 13.6. The number of aliphatic hydroxyl groups is 1. The van der Waals surface area contributed by atoms with Crippen LogP contribution in [0.2, 0.25) is 0 Å². The Balaban J connectivity index is 1.91. The van der Waals surface area contributed by atoms with Crippen LogP contribution in [0.15, 0.2) is 84.9 Å². The molecule has 0 aromatic heterocycles. The third kappa shape index (κ3) is 23.6. The Kier molecular flexibility index (Phi) is 29.2. The van der Waals surface area contributed by atoms with Crippen LogP contribution in [-0.4, -0.2) is 147 Å². The van der Waals surface area contributed by atoms with E-state index in [4.69, 9.17) is 11.5 Å². The summed E-state index contributed by atoms with van der Waals surface area (Å²) in [5.41, 5.74) is 13.8. The molecule has 0 saturated heterocycles. The van der Waals surface area contributed by atoms with E-state index in [9.17, 15) is 68.4 Å². The van der Waals surface area contributed by atoms with Crippen LogP contribution in [0.1, 0.15) is 103 Å². The van der Waals surface area contributed by atoms with Gasteiger partial charge in [-0.05, 0) is 91.6 Å². The number of nitrogens with two attached hydrogens (primary N) is 2. The number of hydrogen-bond acceptors (Lipinski definition) is 14. The first kappa shape index (κ1) is 68.3. The summed E-state index contributed by atoms with van der Waals surface area (Å²) in [7, 11) is 0. The second-order valence-electron chi connectivity index (χ2n) is 21.2. The summed E-state index contributed by atoms with van der Waals surface area (Å²) >= 11 is 0.